The van der Waals surface area contributed by atoms with E-state index < -0.39 is 0 Å². The Labute approximate surface area is 121 Å². The van der Waals surface area contributed by atoms with Crippen LogP contribution in [0.3, 0.4) is 0 Å². The highest BCUT2D eigenvalue weighted by Gasteiger charge is 2.08. The van der Waals surface area contributed by atoms with Gasteiger partial charge in [0.15, 0.2) is 0 Å². The Balaban J connectivity index is 2.43. The zero-order valence-corrected chi connectivity index (χ0v) is 12.8. The number of aryl methyl sites for hydroxylation is 2. The summed E-state index contributed by atoms with van der Waals surface area (Å²) in [6.07, 6.45) is 0.894. The van der Waals surface area contributed by atoms with Crippen LogP contribution in [0.15, 0.2) is 12.1 Å². The Morgan fingerprint density at radius 1 is 1.35 bits per heavy atom. The minimum Gasteiger partial charge on any atom is -0.493 e. The highest BCUT2D eigenvalue weighted by Crippen LogP contribution is 2.23. The lowest BCUT2D eigenvalue weighted by atomic mass is 10.1. The molecule has 0 aliphatic heterocycles. The molecule has 4 nitrogen and oxygen atoms in total. The van der Waals surface area contributed by atoms with Gasteiger partial charge in [0.25, 0.3) is 0 Å². The van der Waals surface area contributed by atoms with E-state index in [1.165, 1.54) is 5.56 Å². The molecule has 0 aromatic heterocycles. The van der Waals surface area contributed by atoms with Crippen molar-refractivity contribution in [3.63, 3.8) is 0 Å². The van der Waals surface area contributed by atoms with Crippen LogP contribution in [0.4, 0.5) is 0 Å². The van der Waals surface area contributed by atoms with Crippen molar-refractivity contribution in [2.75, 3.05) is 13.2 Å². The summed E-state index contributed by atoms with van der Waals surface area (Å²) in [7, 11) is 0. The van der Waals surface area contributed by atoms with Crippen LogP contribution < -0.4 is 10.1 Å². The Bertz CT molecular complexity index is 457. The van der Waals surface area contributed by atoms with Gasteiger partial charge >= 0.3 is 0 Å². The van der Waals surface area contributed by atoms with Crippen molar-refractivity contribution in [1.82, 2.24) is 5.32 Å². The zero-order chi connectivity index (χ0) is 15.1. The minimum atomic E-state index is -0.0482. The summed E-state index contributed by atoms with van der Waals surface area (Å²) >= 11 is 0. The molecule has 20 heavy (non-hydrogen) atoms. The molecule has 1 rings (SSSR count). The van der Waals surface area contributed by atoms with E-state index in [-0.39, 0.29) is 18.6 Å². The second kappa shape index (κ2) is 7.90. The quantitative estimate of drug-likeness (QED) is 0.805. The Morgan fingerprint density at radius 2 is 2.05 bits per heavy atom. The van der Waals surface area contributed by atoms with Crippen LogP contribution in [0.25, 0.3) is 0 Å². The van der Waals surface area contributed by atoms with Crippen molar-refractivity contribution in [3.8, 4) is 5.75 Å². The molecule has 1 unspecified atom stereocenters. The largest absolute Gasteiger partial charge is 0.493 e. The lowest BCUT2D eigenvalue weighted by molar-refractivity contribution is -0.122. The summed E-state index contributed by atoms with van der Waals surface area (Å²) < 4.78 is 5.70. The smallest absolute Gasteiger partial charge is 0.223 e. The van der Waals surface area contributed by atoms with Gasteiger partial charge in [-0.15, -0.1) is 0 Å². The Morgan fingerprint density at radius 3 is 2.70 bits per heavy atom. The SMILES string of the molecule is Cc1cc(C)c(C)c(OCCC(=O)NC(C)CCO)c1. The number of nitrogens with one attached hydrogen (secondary N) is 1. The molecule has 0 heterocycles. The summed E-state index contributed by atoms with van der Waals surface area (Å²) in [6.45, 7) is 8.43. The number of hydrogen-bond donors (Lipinski definition) is 2. The van der Waals surface area contributed by atoms with Gasteiger partial charge in [-0.05, 0) is 56.9 Å². The molecule has 0 aliphatic carbocycles. The van der Waals surface area contributed by atoms with Crippen LogP contribution in [0.2, 0.25) is 0 Å². The maximum Gasteiger partial charge on any atom is 0.223 e. The Hall–Kier alpha value is -1.55. The van der Waals surface area contributed by atoms with Crippen molar-refractivity contribution < 1.29 is 14.6 Å². The fourth-order valence-corrected chi connectivity index (χ4v) is 2.02. The molecule has 2 N–H and O–H groups in total. The highest BCUT2D eigenvalue weighted by atomic mass is 16.5. The van der Waals surface area contributed by atoms with Gasteiger partial charge in [0.1, 0.15) is 5.75 Å². The van der Waals surface area contributed by atoms with E-state index in [1.54, 1.807) is 0 Å². The zero-order valence-electron chi connectivity index (χ0n) is 12.8. The second-order valence-electron chi connectivity index (χ2n) is 5.28. The fourth-order valence-electron chi connectivity index (χ4n) is 2.02. The third-order valence-electron chi connectivity index (χ3n) is 3.32. The predicted molar refractivity (Wildman–Crippen MR) is 80.1 cm³/mol. The number of rotatable bonds is 7. The first kappa shape index (κ1) is 16.5. The normalized spacial score (nSPS) is 12.1. The number of hydrogen-bond acceptors (Lipinski definition) is 3. The summed E-state index contributed by atoms with van der Waals surface area (Å²) in [5.74, 6) is 0.798. The van der Waals surface area contributed by atoms with Gasteiger partial charge in [0.2, 0.25) is 5.91 Å². The van der Waals surface area contributed by atoms with E-state index in [0.29, 0.717) is 19.4 Å². The summed E-state index contributed by atoms with van der Waals surface area (Å²) in [5, 5.41) is 11.6. The molecule has 0 bridgehead atoms. The van der Waals surface area contributed by atoms with Crippen LogP contribution in [0, 0.1) is 20.8 Å². The highest BCUT2D eigenvalue weighted by molar-refractivity contribution is 5.76. The maximum absolute atomic E-state index is 11.7. The molecular weight excluding hydrogens is 254 g/mol. The van der Waals surface area contributed by atoms with E-state index >= 15 is 0 Å². The molecule has 1 aromatic carbocycles. The van der Waals surface area contributed by atoms with Gasteiger partial charge < -0.3 is 15.2 Å². The number of carbonyl (C=O) groups excluding carboxylic acids is 1. The van der Waals surface area contributed by atoms with Gasteiger partial charge in [0, 0.05) is 12.6 Å². The van der Waals surface area contributed by atoms with Crippen LogP contribution in [-0.2, 0) is 4.79 Å². The van der Waals surface area contributed by atoms with Crippen molar-refractivity contribution in [2.45, 2.75) is 46.6 Å². The number of amides is 1. The van der Waals surface area contributed by atoms with E-state index in [9.17, 15) is 4.79 Å². The van der Waals surface area contributed by atoms with Crippen molar-refractivity contribution in [1.29, 1.82) is 0 Å². The van der Waals surface area contributed by atoms with Gasteiger partial charge in [-0.2, -0.15) is 0 Å². The van der Waals surface area contributed by atoms with Crippen LogP contribution in [0.5, 0.6) is 5.75 Å². The van der Waals surface area contributed by atoms with E-state index in [1.807, 2.05) is 26.8 Å². The van der Waals surface area contributed by atoms with Crippen molar-refractivity contribution >= 4 is 5.91 Å². The third-order valence-corrected chi connectivity index (χ3v) is 3.32. The molecular formula is C16H25NO3. The lowest BCUT2D eigenvalue weighted by Gasteiger charge is -2.14. The molecule has 112 valence electrons. The number of aliphatic hydroxyl groups is 1. The molecule has 1 aromatic rings. The molecule has 0 fully saturated rings. The maximum atomic E-state index is 11.7. The number of ether oxygens (including phenoxy) is 1. The van der Waals surface area contributed by atoms with E-state index in [2.05, 4.69) is 18.3 Å². The first-order valence-electron chi connectivity index (χ1n) is 7.05. The van der Waals surface area contributed by atoms with Gasteiger partial charge in [0.05, 0.1) is 13.0 Å². The Kier molecular flexibility index (Phi) is 6.52. The molecule has 1 atom stereocenters. The van der Waals surface area contributed by atoms with Crippen molar-refractivity contribution in [2.24, 2.45) is 0 Å². The fraction of sp³-hybridized carbons (Fsp3) is 0.562. The molecule has 4 heteroatoms. The average molecular weight is 279 g/mol. The van der Waals surface area contributed by atoms with Crippen LogP contribution in [0.1, 0.15) is 36.5 Å². The minimum absolute atomic E-state index is 0.00421. The van der Waals surface area contributed by atoms with Crippen LogP contribution >= 0.6 is 0 Å². The molecule has 1 amide bonds. The third kappa shape index (κ3) is 5.21. The first-order valence-corrected chi connectivity index (χ1v) is 7.05. The van der Waals surface area contributed by atoms with E-state index in [0.717, 1.165) is 16.9 Å². The lowest BCUT2D eigenvalue weighted by Crippen LogP contribution is -2.33. The standard InChI is InChI=1S/C16H25NO3/c1-11-9-12(2)14(4)15(10-11)20-8-6-16(19)17-13(3)5-7-18/h9-10,13,18H,5-8H2,1-4H3,(H,17,19). The topological polar surface area (TPSA) is 58.6 Å². The molecule has 0 aliphatic rings. The molecule has 0 saturated heterocycles. The summed E-state index contributed by atoms with van der Waals surface area (Å²) in [6, 6.07) is 4.11. The van der Waals surface area contributed by atoms with Gasteiger partial charge in [-0.1, -0.05) is 6.07 Å². The van der Waals surface area contributed by atoms with Gasteiger partial charge in [-0.25, -0.2) is 0 Å². The summed E-state index contributed by atoms with van der Waals surface area (Å²) in [5.41, 5.74) is 3.47. The number of carbonyl (C=O) groups is 1. The monoisotopic (exact) mass is 279 g/mol. The number of aliphatic hydroxyl groups excluding tert-OH is 1. The van der Waals surface area contributed by atoms with E-state index in [4.69, 9.17) is 9.84 Å². The molecule has 0 radical (unpaired) electrons. The summed E-state index contributed by atoms with van der Waals surface area (Å²) in [4.78, 5) is 11.7. The molecule has 0 saturated carbocycles. The van der Waals surface area contributed by atoms with Gasteiger partial charge in [-0.3, -0.25) is 4.79 Å². The predicted octanol–water partition coefficient (Wildman–Crippen LogP) is 2.27. The van der Waals surface area contributed by atoms with Crippen LogP contribution in [-0.4, -0.2) is 30.3 Å². The molecule has 0 spiro atoms. The van der Waals surface area contributed by atoms with Crippen molar-refractivity contribution in [3.05, 3.63) is 28.8 Å². The second-order valence-corrected chi connectivity index (χ2v) is 5.28. The first-order chi connectivity index (χ1) is 9.43. The number of benzene rings is 1. The average Bonchev–Trinajstić information content (AvgIpc) is 2.35.